The lowest BCUT2D eigenvalue weighted by atomic mass is 9.65. The molecule has 1 aliphatic carbocycles. The Morgan fingerprint density at radius 2 is 1.94 bits per heavy atom. The summed E-state index contributed by atoms with van der Waals surface area (Å²) in [4.78, 5) is 23.1. The number of rotatable bonds is 2. The Morgan fingerprint density at radius 1 is 1.31 bits per heavy atom. The molecule has 0 saturated carbocycles. The van der Waals surface area contributed by atoms with Crippen molar-refractivity contribution in [1.29, 1.82) is 0 Å². The van der Waals surface area contributed by atoms with Crippen molar-refractivity contribution in [3.05, 3.63) is 23.5 Å². The number of fused-ring (bicyclic) bond motifs is 1. The molecule has 0 radical (unpaired) electrons. The highest BCUT2D eigenvalue weighted by Crippen LogP contribution is 2.51. The summed E-state index contributed by atoms with van der Waals surface area (Å²) in [5, 5.41) is 0. The Morgan fingerprint density at radius 3 is 2.50 bits per heavy atom. The lowest BCUT2D eigenvalue weighted by molar-refractivity contribution is -0.145. The zero-order chi connectivity index (χ0) is 11.9. The van der Waals surface area contributed by atoms with E-state index >= 15 is 0 Å². The molecule has 5 nitrogen and oxygen atoms in total. The summed E-state index contributed by atoms with van der Waals surface area (Å²) in [5.74, 6) is -1.30. The first kappa shape index (κ1) is 10.7. The minimum Gasteiger partial charge on any atom is -0.489 e. The Balaban J connectivity index is 2.45. The Hall–Kier alpha value is -1.78. The van der Waals surface area contributed by atoms with Crippen molar-refractivity contribution in [1.82, 2.24) is 0 Å². The number of carbonyl (C=O) groups excluding carboxylic acids is 2. The van der Waals surface area contributed by atoms with Gasteiger partial charge in [0.05, 0.1) is 37.5 Å². The molecule has 0 amide bonds. The van der Waals surface area contributed by atoms with E-state index in [4.69, 9.17) is 4.74 Å². The molecule has 1 heterocycles. The number of esters is 2. The van der Waals surface area contributed by atoms with Gasteiger partial charge in [-0.2, -0.15) is 0 Å². The van der Waals surface area contributed by atoms with Gasteiger partial charge in [0.1, 0.15) is 5.60 Å². The summed E-state index contributed by atoms with van der Waals surface area (Å²) in [5.41, 5.74) is -0.209. The van der Waals surface area contributed by atoms with E-state index in [2.05, 4.69) is 9.47 Å². The van der Waals surface area contributed by atoms with Gasteiger partial charge in [0, 0.05) is 0 Å². The average Bonchev–Trinajstić information content (AvgIpc) is 2.58. The second-order valence-corrected chi connectivity index (χ2v) is 3.80. The van der Waals surface area contributed by atoms with Crippen LogP contribution in [0.4, 0.5) is 0 Å². The van der Waals surface area contributed by atoms with Crippen molar-refractivity contribution in [2.75, 3.05) is 14.2 Å². The largest absolute Gasteiger partial charge is 0.489 e. The van der Waals surface area contributed by atoms with Gasteiger partial charge >= 0.3 is 11.9 Å². The van der Waals surface area contributed by atoms with Gasteiger partial charge in [0.15, 0.2) is 0 Å². The first-order valence-corrected chi connectivity index (χ1v) is 4.82. The number of methoxy groups -OCH3 is 2. The average molecular weight is 224 g/mol. The quantitative estimate of drug-likeness (QED) is 0.641. The van der Waals surface area contributed by atoms with Gasteiger partial charge in [-0.15, -0.1) is 0 Å². The minimum absolute atomic E-state index is 0.228. The van der Waals surface area contributed by atoms with Gasteiger partial charge < -0.3 is 14.2 Å². The number of hydrogen-bond acceptors (Lipinski definition) is 5. The van der Waals surface area contributed by atoms with Gasteiger partial charge in [-0.1, -0.05) is 0 Å². The van der Waals surface area contributed by atoms with Crippen LogP contribution in [-0.2, 0) is 23.8 Å². The maximum atomic E-state index is 11.6. The molecule has 0 saturated heterocycles. The van der Waals surface area contributed by atoms with E-state index in [9.17, 15) is 9.59 Å². The fraction of sp³-hybridized carbons (Fsp3) is 0.455. The van der Waals surface area contributed by atoms with Crippen LogP contribution in [0.25, 0.3) is 0 Å². The maximum Gasteiger partial charge on any atom is 0.338 e. The van der Waals surface area contributed by atoms with Gasteiger partial charge in [-0.05, 0) is 13.0 Å². The van der Waals surface area contributed by atoms with E-state index in [0.29, 0.717) is 5.57 Å². The van der Waals surface area contributed by atoms with Gasteiger partial charge in [0.2, 0.25) is 0 Å². The second kappa shape index (κ2) is 3.37. The van der Waals surface area contributed by atoms with Gasteiger partial charge in [0.25, 0.3) is 0 Å². The predicted molar refractivity (Wildman–Crippen MR) is 53.2 cm³/mol. The molecule has 0 spiro atoms. The first-order chi connectivity index (χ1) is 7.56. The van der Waals surface area contributed by atoms with E-state index in [0.717, 1.165) is 0 Å². The molecule has 86 valence electrons. The van der Waals surface area contributed by atoms with Crippen molar-refractivity contribution >= 4 is 11.9 Å². The highest BCUT2D eigenvalue weighted by atomic mass is 16.5. The van der Waals surface area contributed by atoms with Crippen LogP contribution in [0, 0.1) is 5.92 Å². The molecule has 0 aromatic rings. The number of hydrogen-bond donors (Lipinski definition) is 0. The number of ether oxygens (including phenoxy) is 3. The Labute approximate surface area is 92.7 Å². The molecule has 0 unspecified atom stereocenters. The third-order valence-electron chi connectivity index (χ3n) is 3.05. The predicted octanol–water partition coefficient (Wildman–Crippen LogP) is 0.561. The van der Waals surface area contributed by atoms with Crippen LogP contribution in [0.2, 0.25) is 0 Å². The van der Waals surface area contributed by atoms with Crippen molar-refractivity contribution < 1.29 is 23.8 Å². The van der Waals surface area contributed by atoms with Crippen LogP contribution in [-0.4, -0.2) is 31.8 Å². The Bertz CT molecular complexity index is 420. The van der Waals surface area contributed by atoms with Crippen molar-refractivity contribution in [2.24, 2.45) is 5.92 Å². The maximum absolute atomic E-state index is 11.6. The summed E-state index contributed by atoms with van der Waals surface area (Å²) in [6, 6.07) is 0. The lowest BCUT2D eigenvalue weighted by Gasteiger charge is -2.41. The summed E-state index contributed by atoms with van der Waals surface area (Å²) < 4.78 is 14.6. The van der Waals surface area contributed by atoms with Crippen LogP contribution >= 0.6 is 0 Å². The van der Waals surface area contributed by atoms with Crippen molar-refractivity contribution in [3.8, 4) is 0 Å². The van der Waals surface area contributed by atoms with E-state index in [1.807, 2.05) is 0 Å². The number of carbonyl (C=O) groups is 2. The normalized spacial score (nSPS) is 30.3. The minimum atomic E-state index is -0.781. The summed E-state index contributed by atoms with van der Waals surface area (Å²) >= 11 is 0. The molecule has 0 N–H and O–H groups in total. The van der Waals surface area contributed by atoms with Crippen molar-refractivity contribution in [2.45, 2.75) is 12.5 Å². The third-order valence-corrected chi connectivity index (χ3v) is 3.05. The molecule has 16 heavy (non-hydrogen) atoms. The second-order valence-electron chi connectivity index (χ2n) is 3.80. The van der Waals surface area contributed by atoms with Crippen LogP contribution < -0.4 is 0 Å². The van der Waals surface area contributed by atoms with Crippen LogP contribution in [0.15, 0.2) is 23.5 Å². The zero-order valence-electron chi connectivity index (χ0n) is 9.27. The molecule has 5 heteroatoms. The molecular weight excluding hydrogens is 212 g/mol. The van der Waals surface area contributed by atoms with E-state index in [1.54, 1.807) is 13.0 Å². The smallest absolute Gasteiger partial charge is 0.338 e. The van der Waals surface area contributed by atoms with Crippen LogP contribution in [0.1, 0.15) is 6.92 Å². The summed E-state index contributed by atoms with van der Waals surface area (Å²) in [7, 11) is 2.54. The first-order valence-electron chi connectivity index (χ1n) is 4.82. The SMILES string of the molecule is COC(=O)C1=C(C(=O)OC)[C@@]2(C)OC=C[C@@H]12. The molecule has 0 bridgehead atoms. The van der Waals surface area contributed by atoms with Crippen molar-refractivity contribution in [3.63, 3.8) is 0 Å². The molecule has 0 aromatic carbocycles. The van der Waals surface area contributed by atoms with Gasteiger partial charge in [-0.25, -0.2) is 9.59 Å². The molecular formula is C11H12O5. The van der Waals surface area contributed by atoms with E-state index in [1.165, 1.54) is 20.5 Å². The topological polar surface area (TPSA) is 61.8 Å². The molecule has 0 fully saturated rings. The highest BCUT2D eigenvalue weighted by Gasteiger charge is 2.59. The van der Waals surface area contributed by atoms with Crippen LogP contribution in [0.3, 0.4) is 0 Å². The third kappa shape index (κ3) is 1.11. The van der Waals surface area contributed by atoms with Gasteiger partial charge in [-0.3, -0.25) is 0 Å². The fourth-order valence-electron chi connectivity index (χ4n) is 2.20. The molecule has 2 atom stereocenters. The molecule has 2 rings (SSSR count). The standard InChI is InChI=1S/C11H12O5/c1-11-6(4-5-16-11)7(9(12)14-2)8(11)10(13)15-3/h4-6H,1-3H3/t6-,11-/m0/s1. The summed E-state index contributed by atoms with van der Waals surface area (Å²) in [6.45, 7) is 1.75. The Kier molecular flexibility index (Phi) is 2.26. The monoisotopic (exact) mass is 224 g/mol. The highest BCUT2D eigenvalue weighted by molar-refractivity contribution is 6.06. The van der Waals surface area contributed by atoms with Crippen LogP contribution in [0.5, 0.6) is 0 Å². The summed E-state index contributed by atoms with van der Waals surface area (Å²) in [6.07, 6.45) is 3.22. The lowest BCUT2D eigenvalue weighted by Crippen LogP contribution is -2.51. The van der Waals surface area contributed by atoms with E-state index in [-0.39, 0.29) is 11.5 Å². The molecule has 0 aromatic heterocycles. The van der Waals surface area contributed by atoms with E-state index < -0.39 is 17.5 Å². The fourth-order valence-corrected chi connectivity index (χ4v) is 2.20. The molecule has 2 aliphatic rings. The zero-order valence-corrected chi connectivity index (χ0v) is 9.27. The molecule has 1 aliphatic heterocycles.